The van der Waals surface area contributed by atoms with Gasteiger partial charge in [0.05, 0.1) is 11.4 Å². The second kappa shape index (κ2) is 4.00. The maximum atomic E-state index is 6.11. The van der Waals surface area contributed by atoms with E-state index >= 15 is 0 Å². The van der Waals surface area contributed by atoms with Crippen LogP contribution in [0, 0.1) is 12.8 Å². The third-order valence-electron chi connectivity index (χ3n) is 3.28. The van der Waals surface area contributed by atoms with Crippen LogP contribution in [0.4, 0.5) is 11.5 Å². The average Bonchev–Trinajstić information content (AvgIpc) is 2.95. The van der Waals surface area contributed by atoms with Gasteiger partial charge in [-0.3, -0.25) is 4.68 Å². The van der Waals surface area contributed by atoms with Gasteiger partial charge in [-0.25, -0.2) is 0 Å². The fourth-order valence-corrected chi connectivity index (χ4v) is 2.12. The molecule has 16 heavy (non-hydrogen) atoms. The molecule has 0 saturated heterocycles. The van der Waals surface area contributed by atoms with Crippen LogP contribution >= 0.6 is 0 Å². The first-order chi connectivity index (χ1) is 7.50. The summed E-state index contributed by atoms with van der Waals surface area (Å²) in [4.78, 5) is 2.38. The number of rotatable bonds is 4. The zero-order valence-corrected chi connectivity index (χ0v) is 10.7. The third-order valence-corrected chi connectivity index (χ3v) is 3.28. The second-order valence-electron chi connectivity index (χ2n) is 5.14. The zero-order valence-electron chi connectivity index (χ0n) is 10.7. The topological polar surface area (TPSA) is 47.1 Å². The van der Waals surface area contributed by atoms with E-state index in [1.54, 1.807) is 0 Å². The fourth-order valence-electron chi connectivity index (χ4n) is 2.12. The molecule has 1 aliphatic carbocycles. The van der Waals surface area contributed by atoms with Gasteiger partial charge in [-0.05, 0) is 39.5 Å². The summed E-state index contributed by atoms with van der Waals surface area (Å²) in [5.74, 6) is 1.94. The van der Waals surface area contributed by atoms with Crippen molar-refractivity contribution >= 4 is 11.5 Å². The summed E-state index contributed by atoms with van der Waals surface area (Å²) in [6.07, 6.45) is 2.72. The van der Waals surface area contributed by atoms with E-state index in [4.69, 9.17) is 5.73 Å². The summed E-state index contributed by atoms with van der Waals surface area (Å²) >= 11 is 0. The van der Waals surface area contributed by atoms with Gasteiger partial charge < -0.3 is 10.6 Å². The number of nitrogen functional groups attached to an aromatic ring is 1. The Hall–Kier alpha value is -1.19. The predicted octanol–water partition coefficient (Wildman–Crippen LogP) is 1.94. The molecule has 1 fully saturated rings. The standard InChI is InChI=1S/C12H22N4/c1-8(2)16(7-10-5-6-10)12-11(13)9(3)14-15(12)4/h8,10H,5-7,13H2,1-4H3. The van der Waals surface area contributed by atoms with Crippen molar-refractivity contribution < 1.29 is 0 Å². The van der Waals surface area contributed by atoms with Crippen molar-refractivity contribution in [1.82, 2.24) is 9.78 Å². The van der Waals surface area contributed by atoms with Crippen LogP contribution in [0.15, 0.2) is 0 Å². The van der Waals surface area contributed by atoms with Crippen LogP contribution in [-0.4, -0.2) is 22.4 Å². The summed E-state index contributed by atoms with van der Waals surface area (Å²) in [6, 6.07) is 0.470. The van der Waals surface area contributed by atoms with Gasteiger partial charge in [0.2, 0.25) is 0 Å². The van der Waals surface area contributed by atoms with E-state index < -0.39 is 0 Å². The Bertz CT molecular complexity index is 377. The summed E-state index contributed by atoms with van der Waals surface area (Å²) in [6.45, 7) is 7.50. The third kappa shape index (κ3) is 2.01. The van der Waals surface area contributed by atoms with Crippen LogP contribution in [0.25, 0.3) is 0 Å². The molecule has 90 valence electrons. The Morgan fingerprint density at radius 1 is 1.50 bits per heavy atom. The molecule has 1 aromatic heterocycles. The summed E-state index contributed by atoms with van der Waals surface area (Å²) in [7, 11) is 1.97. The minimum absolute atomic E-state index is 0.470. The lowest BCUT2D eigenvalue weighted by Gasteiger charge is -2.29. The van der Waals surface area contributed by atoms with Crippen LogP contribution in [0.5, 0.6) is 0 Å². The van der Waals surface area contributed by atoms with Crippen LogP contribution in [0.3, 0.4) is 0 Å². The van der Waals surface area contributed by atoms with Crippen LogP contribution in [-0.2, 0) is 7.05 Å². The number of nitrogens with zero attached hydrogens (tertiary/aromatic N) is 3. The first kappa shape index (κ1) is 11.3. The maximum absolute atomic E-state index is 6.11. The lowest BCUT2D eigenvalue weighted by Crippen LogP contribution is -2.34. The van der Waals surface area contributed by atoms with E-state index in [1.807, 2.05) is 18.7 Å². The van der Waals surface area contributed by atoms with Crippen LogP contribution in [0.1, 0.15) is 32.4 Å². The molecule has 0 spiro atoms. The molecule has 0 atom stereocenters. The molecule has 0 amide bonds. The van der Waals surface area contributed by atoms with Crippen molar-refractivity contribution in [3.8, 4) is 0 Å². The van der Waals surface area contributed by atoms with E-state index in [0.717, 1.165) is 29.7 Å². The Labute approximate surface area is 97.4 Å². The van der Waals surface area contributed by atoms with E-state index in [2.05, 4.69) is 23.8 Å². The van der Waals surface area contributed by atoms with Gasteiger partial charge in [-0.2, -0.15) is 5.10 Å². The first-order valence-electron chi connectivity index (χ1n) is 6.06. The Morgan fingerprint density at radius 2 is 2.12 bits per heavy atom. The van der Waals surface area contributed by atoms with Crippen molar-refractivity contribution in [3.05, 3.63) is 5.69 Å². The van der Waals surface area contributed by atoms with Gasteiger partial charge in [-0.15, -0.1) is 0 Å². The Morgan fingerprint density at radius 3 is 2.50 bits per heavy atom. The molecule has 1 aromatic rings. The van der Waals surface area contributed by atoms with E-state index in [1.165, 1.54) is 12.8 Å². The molecule has 1 aliphatic rings. The van der Waals surface area contributed by atoms with E-state index in [9.17, 15) is 0 Å². The predicted molar refractivity (Wildman–Crippen MR) is 67.6 cm³/mol. The highest BCUT2D eigenvalue weighted by Gasteiger charge is 2.28. The van der Waals surface area contributed by atoms with Gasteiger partial charge in [0.25, 0.3) is 0 Å². The maximum Gasteiger partial charge on any atom is 0.150 e. The molecule has 1 saturated carbocycles. The monoisotopic (exact) mass is 222 g/mol. The van der Waals surface area contributed by atoms with Crippen LogP contribution in [0.2, 0.25) is 0 Å². The lowest BCUT2D eigenvalue weighted by atomic mass is 10.2. The Balaban J connectivity index is 2.29. The molecule has 0 aromatic carbocycles. The first-order valence-corrected chi connectivity index (χ1v) is 6.06. The molecular weight excluding hydrogens is 200 g/mol. The average molecular weight is 222 g/mol. The van der Waals surface area contributed by atoms with Gasteiger partial charge in [0.1, 0.15) is 0 Å². The number of aryl methyl sites for hydroxylation is 2. The molecule has 1 heterocycles. The summed E-state index contributed by atoms with van der Waals surface area (Å²) in [5.41, 5.74) is 7.87. The zero-order chi connectivity index (χ0) is 11.9. The minimum atomic E-state index is 0.470. The molecule has 0 aliphatic heterocycles. The van der Waals surface area contributed by atoms with Gasteiger partial charge in [0, 0.05) is 19.6 Å². The SMILES string of the molecule is Cc1nn(C)c(N(CC2CC2)C(C)C)c1N. The number of hydrogen-bond donors (Lipinski definition) is 1. The van der Waals surface area contributed by atoms with Gasteiger partial charge >= 0.3 is 0 Å². The highest BCUT2D eigenvalue weighted by molar-refractivity contribution is 5.66. The van der Waals surface area contributed by atoms with Crippen molar-refractivity contribution in [2.75, 3.05) is 17.2 Å². The van der Waals surface area contributed by atoms with Crippen molar-refractivity contribution in [2.24, 2.45) is 13.0 Å². The van der Waals surface area contributed by atoms with Crippen LogP contribution < -0.4 is 10.6 Å². The highest BCUT2D eigenvalue weighted by atomic mass is 15.4. The molecule has 0 bridgehead atoms. The number of hydrogen-bond acceptors (Lipinski definition) is 3. The highest BCUT2D eigenvalue weighted by Crippen LogP contribution is 2.34. The second-order valence-corrected chi connectivity index (χ2v) is 5.14. The fraction of sp³-hybridized carbons (Fsp3) is 0.750. The smallest absolute Gasteiger partial charge is 0.150 e. The van der Waals surface area contributed by atoms with E-state index in [0.29, 0.717) is 6.04 Å². The minimum Gasteiger partial charge on any atom is -0.394 e. The largest absolute Gasteiger partial charge is 0.394 e. The summed E-state index contributed by atoms with van der Waals surface area (Å²) < 4.78 is 1.91. The van der Waals surface area contributed by atoms with E-state index in [-0.39, 0.29) is 0 Å². The number of nitrogens with two attached hydrogens (primary N) is 1. The summed E-state index contributed by atoms with van der Waals surface area (Å²) in [5, 5.41) is 4.39. The number of anilines is 2. The molecule has 2 rings (SSSR count). The quantitative estimate of drug-likeness (QED) is 0.847. The van der Waals surface area contributed by atoms with Gasteiger partial charge in [0.15, 0.2) is 5.82 Å². The van der Waals surface area contributed by atoms with Crippen molar-refractivity contribution in [2.45, 2.75) is 39.7 Å². The Kier molecular flexibility index (Phi) is 2.82. The molecular formula is C12H22N4. The molecule has 4 nitrogen and oxygen atoms in total. The number of aromatic nitrogens is 2. The molecule has 0 unspecified atom stereocenters. The molecule has 0 radical (unpaired) electrons. The van der Waals surface area contributed by atoms with Crippen molar-refractivity contribution in [1.29, 1.82) is 0 Å². The lowest BCUT2D eigenvalue weighted by molar-refractivity contribution is 0.610. The van der Waals surface area contributed by atoms with Gasteiger partial charge in [-0.1, -0.05) is 0 Å². The molecule has 2 N–H and O–H groups in total. The normalized spacial score (nSPS) is 15.8. The van der Waals surface area contributed by atoms with Crippen molar-refractivity contribution in [3.63, 3.8) is 0 Å². The molecule has 4 heteroatoms.